The molecule has 4 nitrogen and oxygen atoms in total. The highest BCUT2D eigenvalue weighted by Gasteiger charge is 2.21. The molecule has 26 heavy (non-hydrogen) atoms. The summed E-state index contributed by atoms with van der Waals surface area (Å²) in [5.74, 6) is -0.141. The predicted octanol–water partition coefficient (Wildman–Crippen LogP) is 4.58. The third-order valence-electron chi connectivity index (χ3n) is 4.31. The Morgan fingerprint density at radius 2 is 1.54 bits per heavy atom. The van der Waals surface area contributed by atoms with Gasteiger partial charge in [-0.15, -0.1) is 0 Å². The van der Waals surface area contributed by atoms with Crippen LogP contribution in [0.1, 0.15) is 51.2 Å². The minimum atomic E-state index is -0.276. The number of hydrogen-bond acceptors (Lipinski definition) is 2. The van der Waals surface area contributed by atoms with Gasteiger partial charge in [-0.2, -0.15) is 0 Å². The van der Waals surface area contributed by atoms with Crippen LogP contribution in [0.2, 0.25) is 0 Å². The lowest BCUT2D eigenvalue weighted by Crippen LogP contribution is -2.38. The van der Waals surface area contributed by atoms with Gasteiger partial charge in [-0.25, -0.2) is 0 Å². The van der Waals surface area contributed by atoms with Crippen molar-refractivity contribution in [2.75, 3.05) is 5.32 Å². The standard InChI is InChI=1S/C22H28N2O2/c1-16(2)19-12-8-9-13-20(19)23-21(25)14-22(26)24(17(3)4)15-18-10-6-5-7-11-18/h5-13,16-17H,14-15H2,1-4H3,(H,23,25). The van der Waals surface area contributed by atoms with Crippen LogP contribution in [-0.4, -0.2) is 22.8 Å². The summed E-state index contributed by atoms with van der Waals surface area (Å²) in [4.78, 5) is 26.8. The Kier molecular flexibility index (Phi) is 6.96. The summed E-state index contributed by atoms with van der Waals surface area (Å²) in [5.41, 5.74) is 2.90. The summed E-state index contributed by atoms with van der Waals surface area (Å²) < 4.78 is 0. The van der Waals surface area contributed by atoms with E-state index >= 15 is 0 Å². The molecule has 0 saturated heterocycles. The number of benzene rings is 2. The molecule has 0 aromatic heterocycles. The molecule has 0 fully saturated rings. The highest BCUT2D eigenvalue weighted by Crippen LogP contribution is 2.23. The van der Waals surface area contributed by atoms with E-state index in [1.807, 2.05) is 68.4 Å². The topological polar surface area (TPSA) is 49.4 Å². The highest BCUT2D eigenvalue weighted by molar-refractivity contribution is 6.04. The van der Waals surface area contributed by atoms with Crippen LogP contribution in [0.15, 0.2) is 54.6 Å². The lowest BCUT2D eigenvalue weighted by molar-refractivity contribution is -0.136. The van der Waals surface area contributed by atoms with Crippen LogP contribution in [0.4, 0.5) is 5.69 Å². The fourth-order valence-electron chi connectivity index (χ4n) is 2.89. The van der Waals surface area contributed by atoms with Gasteiger partial charge in [0.15, 0.2) is 0 Å². The number of hydrogen-bond donors (Lipinski definition) is 1. The molecule has 0 radical (unpaired) electrons. The van der Waals surface area contributed by atoms with Crippen molar-refractivity contribution in [3.63, 3.8) is 0 Å². The average Bonchev–Trinajstić information content (AvgIpc) is 2.60. The molecular formula is C22H28N2O2. The number of amides is 2. The SMILES string of the molecule is CC(C)c1ccccc1NC(=O)CC(=O)N(Cc1ccccc1)C(C)C. The quantitative estimate of drug-likeness (QED) is 0.742. The lowest BCUT2D eigenvalue weighted by atomic mass is 10.0. The largest absolute Gasteiger partial charge is 0.336 e. The number of rotatable bonds is 7. The van der Waals surface area contributed by atoms with Gasteiger partial charge in [-0.05, 0) is 37.0 Å². The zero-order chi connectivity index (χ0) is 19.1. The minimum absolute atomic E-state index is 0.0263. The van der Waals surface area contributed by atoms with Crippen molar-refractivity contribution in [3.05, 3.63) is 65.7 Å². The maximum absolute atomic E-state index is 12.7. The predicted molar refractivity (Wildman–Crippen MR) is 106 cm³/mol. The van der Waals surface area contributed by atoms with Gasteiger partial charge in [0.1, 0.15) is 6.42 Å². The molecule has 0 aliphatic carbocycles. The second-order valence-electron chi connectivity index (χ2n) is 7.07. The van der Waals surface area contributed by atoms with E-state index in [0.717, 1.165) is 16.8 Å². The smallest absolute Gasteiger partial charge is 0.233 e. The Bertz CT molecular complexity index is 739. The van der Waals surface area contributed by atoms with Crippen molar-refractivity contribution in [2.45, 2.75) is 52.6 Å². The maximum atomic E-state index is 12.7. The first-order chi connectivity index (χ1) is 12.4. The van der Waals surface area contributed by atoms with Crippen LogP contribution in [0.25, 0.3) is 0 Å². The molecule has 0 aliphatic rings. The fraction of sp³-hybridized carbons (Fsp3) is 0.364. The van der Waals surface area contributed by atoms with Gasteiger partial charge >= 0.3 is 0 Å². The van der Waals surface area contributed by atoms with Crippen molar-refractivity contribution < 1.29 is 9.59 Å². The number of anilines is 1. The van der Waals surface area contributed by atoms with E-state index in [1.165, 1.54) is 0 Å². The van der Waals surface area contributed by atoms with Gasteiger partial charge in [0.2, 0.25) is 11.8 Å². The number of nitrogens with one attached hydrogen (secondary N) is 1. The summed E-state index contributed by atoms with van der Waals surface area (Å²) in [5, 5.41) is 2.89. The van der Waals surface area contributed by atoms with E-state index in [9.17, 15) is 9.59 Å². The summed E-state index contributed by atoms with van der Waals surface area (Å²) in [6.07, 6.45) is -0.155. The van der Waals surface area contributed by atoms with E-state index in [1.54, 1.807) is 4.90 Å². The van der Waals surface area contributed by atoms with E-state index in [0.29, 0.717) is 12.5 Å². The van der Waals surface area contributed by atoms with Gasteiger partial charge in [0, 0.05) is 18.3 Å². The third-order valence-corrected chi connectivity index (χ3v) is 4.31. The van der Waals surface area contributed by atoms with Gasteiger partial charge in [0.25, 0.3) is 0 Å². The van der Waals surface area contributed by atoms with Crippen LogP contribution in [0.5, 0.6) is 0 Å². The fourth-order valence-corrected chi connectivity index (χ4v) is 2.89. The van der Waals surface area contributed by atoms with Crippen LogP contribution >= 0.6 is 0 Å². The Hall–Kier alpha value is -2.62. The van der Waals surface area contributed by atoms with Gasteiger partial charge in [0.05, 0.1) is 0 Å². The molecule has 0 atom stereocenters. The molecule has 0 aliphatic heterocycles. The molecule has 2 aromatic carbocycles. The van der Waals surface area contributed by atoms with Crippen molar-refractivity contribution in [1.82, 2.24) is 4.90 Å². The summed E-state index contributed by atoms with van der Waals surface area (Å²) in [7, 11) is 0. The number of para-hydroxylation sites is 1. The van der Waals surface area contributed by atoms with Crippen molar-refractivity contribution >= 4 is 17.5 Å². The molecule has 0 saturated carbocycles. The molecule has 2 rings (SSSR count). The van der Waals surface area contributed by atoms with Crippen molar-refractivity contribution in [2.24, 2.45) is 0 Å². The van der Waals surface area contributed by atoms with E-state index < -0.39 is 0 Å². The van der Waals surface area contributed by atoms with Crippen molar-refractivity contribution in [1.29, 1.82) is 0 Å². The minimum Gasteiger partial charge on any atom is -0.336 e. The average molecular weight is 352 g/mol. The summed E-state index contributed by atoms with van der Waals surface area (Å²) in [6, 6.07) is 17.6. The first-order valence-electron chi connectivity index (χ1n) is 9.10. The van der Waals surface area contributed by atoms with Gasteiger partial charge in [-0.1, -0.05) is 62.4 Å². The Morgan fingerprint density at radius 1 is 0.923 bits per heavy atom. The van der Waals surface area contributed by atoms with Crippen LogP contribution < -0.4 is 5.32 Å². The Labute approximate surface area is 156 Å². The first kappa shape index (κ1) is 19.7. The Balaban J connectivity index is 2.03. The molecule has 0 heterocycles. The molecule has 0 bridgehead atoms. The molecule has 1 N–H and O–H groups in total. The van der Waals surface area contributed by atoms with Crippen LogP contribution in [-0.2, 0) is 16.1 Å². The summed E-state index contributed by atoms with van der Waals surface area (Å²) >= 11 is 0. The molecule has 0 spiro atoms. The molecule has 2 amide bonds. The number of nitrogens with zero attached hydrogens (tertiary/aromatic N) is 1. The second-order valence-corrected chi connectivity index (χ2v) is 7.07. The highest BCUT2D eigenvalue weighted by atomic mass is 16.2. The normalized spacial score (nSPS) is 10.8. The molecular weight excluding hydrogens is 324 g/mol. The zero-order valence-electron chi connectivity index (χ0n) is 16.0. The zero-order valence-corrected chi connectivity index (χ0v) is 16.0. The number of carbonyl (C=O) groups is 2. The monoisotopic (exact) mass is 352 g/mol. The molecule has 4 heteroatoms. The number of carbonyl (C=O) groups excluding carboxylic acids is 2. The molecule has 138 valence electrons. The van der Waals surface area contributed by atoms with E-state index in [2.05, 4.69) is 19.2 Å². The van der Waals surface area contributed by atoms with E-state index in [-0.39, 0.29) is 24.3 Å². The van der Waals surface area contributed by atoms with Gasteiger partial charge in [-0.3, -0.25) is 9.59 Å². The Morgan fingerprint density at radius 3 is 2.15 bits per heavy atom. The lowest BCUT2D eigenvalue weighted by Gasteiger charge is -2.27. The second kappa shape index (κ2) is 9.18. The molecule has 2 aromatic rings. The maximum Gasteiger partial charge on any atom is 0.233 e. The summed E-state index contributed by atoms with van der Waals surface area (Å²) in [6.45, 7) is 8.60. The third kappa shape index (κ3) is 5.45. The van der Waals surface area contributed by atoms with Crippen LogP contribution in [0, 0.1) is 0 Å². The molecule has 0 unspecified atom stereocenters. The first-order valence-corrected chi connectivity index (χ1v) is 9.10. The van der Waals surface area contributed by atoms with Gasteiger partial charge < -0.3 is 10.2 Å². The van der Waals surface area contributed by atoms with Crippen LogP contribution in [0.3, 0.4) is 0 Å². The van der Waals surface area contributed by atoms with Crippen molar-refractivity contribution in [3.8, 4) is 0 Å². The van der Waals surface area contributed by atoms with E-state index in [4.69, 9.17) is 0 Å².